The molecule has 0 aliphatic carbocycles. The van der Waals surface area contributed by atoms with Crippen LogP contribution in [-0.2, 0) is 9.47 Å². The normalized spacial score (nSPS) is 13.6. The van der Waals surface area contributed by atoms with Crippen molar-refractivity contribution < 1.29 is 59.9 Å². The minimum absolute atomic E-state index is 0. The largest absolute Gasteiger partial charge is 1.00 e. The summed E-state index contributed by atoms with van der Waals surface area (Å²) in [7, 11) is 9.04. The molecule has 44 heavy (non-hydrogen) atoms. The van der Waals surface area contributed by atoms with Crippen molar-refractivity contribution in [2.75, 3.05) is 95.1 Å². The van der Waals surface area contributed by atoms with Gasteiger partial charge in [-0.25, -0.2) is 9.59 Å². The summed E-state index contributed by atoms with van der Waals surface area (Å²) in [6.07, 6.45) is 2.50. The van der Waals surface area contributed by atoms with Crippen molar-refractivity contribution in [3.63, 3.8) is 0 Å². The van der Waals surface area contributed by atoms with Crippen LogP contribution in [0.2, 0.25) is 0 Å². The molecular weight excluding hydrogens is 596 g/mol. The van der Waals surface area contributed by atoms with Crippen LogP contribution < -0.4 is 40.8 Å². The average molecular weight is 640 g/mol. The van der Waals surface area contributed by atoms with Crippen molar-refractivity contribution in [2.45, 2.75) is 19.3 Å². The predicted octanol–water partition coefficient (Wildman–Crippen LogP) is 0.544. The highest BCUT2D eigenvalue weighted by molar-refractivity contribution is 5.91. The molecule has 1 aliphatic heterocycles. The Balaban J connectivity index is 0.00000675. The van der Waals surface area contributed by atoms with E-state index in [9.17, 15) is 9.59 Å². The first-order valence-corrected chi connectivity index (χ1v) is 14.3. The molecule has 1 heterocycles. The van der Waals surface area contributed by atoms with E-state index in [1.54, 1.807) is 24.3 Å². The lowest BCUT2D eigenvalue weighted by molar-refractivity contribution is -0.0000459. The molecule has 0 bridgehead atoms. The summed E-state index contributed by atoms with van der Waals surface area (Å²) in [5.74, 6) is 1.58. The van der Waals surface area contributed by atoms with E-state index in [-0.39, 0.29) is 12.4 Å². The van der Waals surface area contributed by atoms with Gasteiger partial charge in [-0.3, -0.25) is 0 Å². The average Bonchev–Trinajstić information content (AvgIpc) is 3.28. The van der Waals surface area contributed by atoms with E-state index in [1.165, 1.54) is 42.7 Å². The molecule has 1 fully saturated rings. The summed E-state index contributed by atoms with van der Waals surface area (Å²) < 4.78 is 42.9. The van der Waals surface area contributed by atoms with Gasteiger partial charge in [0, 0.05) is 26.2 Å². The van der Waals surface area contributed by atoms with Crippen LogP contribution in [0.25, 0.3) is 0 Å². The summed E-state index contributed by atoms with van der Waals surface area (Å²) >= 11 is 0. The van der Waals surface area contributed by atoms with Crippen LogP contribution in [0.5, 0.6) is 34.5 Å². The second-order valence-corrected chi connectivity index (χ2v) is 9.84. The lowest BCUT2D eigenvalue weighted by Gasteiger charge is -2.21. The summed E-state index contributed by atoms with van der Waals surface area (Å²) in [6.45, 7) is 6.10. The number of benzene rings is 2. The van der Waals surface area contributed by atoms with Crippen molar-refractivity contribution in [1.29, 1.82) is 0 Å². The van der Waals surface area contributed by atoms with Crippen LogP contribution in [0.4, 0.5) is 0 Å². The number of hydrogen-bond acceptors (Lipinski definition) is 12. The number of carbonyl (C=O) groups is 2. The Labute approximate surface area is 265 Å². The molecule has 1 aliphatic rings. The highest BCUT2D eigenvalue weighted by atomic mass is 35.5. The van der Waals surface area contributed by atoms with Gasteiger partial charge in [0.15, 0.2) is 23.0 Å². The number of carbonyl (C=O) groups excluding carboxylic acids is 2. The number of esters is 2. The molecule has 0 spiro atoms. The molecule has 3 rings (SSSR count). The number of nitrogens with zero attached hydrogens (tertiary/aromatic N) is 2. The zero-order valence-electron chi connectivity index (χ0n) is 26.4. The summed E-state index contributed by atoms with van der Waals surface area (Å²) in [5.41, 5.74) is 0.683. The Bertz CT molecular complexity index is 1070. The maximum atomic E-state index is 12.6. The van der Waals surface area contributed by atoms with Gasteiger partial charge in [0.05, 0.1) is 67.0 Å². The van der Waals surface area contributed by atoms with Crippen molar-refractivity contribution in [2.24, 2.45) is 0 Å². The molecule has 1 saturated heterocycles. The van der Waals surface area contributed by atoms with Crippen LogP contribution >= 0.6 is 0 Å². The summed E-state index contributed by atoms with van der Waals surface area (Å²) in [5, 5.41) is 0. The zero-order valence-corrected chi connectivity index (χ0v) is 27.2. The van der Waals surface area contributed by atoms with E-state index >= 15 is 0 Å². The fourth-order valence-corrected chi connectivity index (χ4v) is 4.94. The quantitative estimate of drug-likeness (QED) is 0.189. The monoisotopic (exact) mass is 639 g/mol. The van der Waals surface area contributed by atoms with Crippen LogP contribution in [-0.4, -0.2) is 117 Å². The van der Waals surface area contributed by atoms with Gasteiger partial charge in [-0.15, -0.1) is 0 Å². The SMILES string of the molecule is COc1cc(C(=O)OCCCN2CCCN(CCCOC(=O)c3cc(OC)c(OC)c(OC)c3)CC2)cc(OC)c1OC.[Cl-]. The van der Waals surface area contributed by atoms with Crippen LogP contribution in [0, 0.1) is 0 Å². The molecule has 0 saturated carbocycles. The molecule has 0 radical (unpaired) electrons. The second-order valence-electron chi connectivity index (χ2n) is 9.84. The molecule has 13 heteroatoms. The Morgan fingerprint density at radius 1 is 0.568 bits per heavy atom. The number of rotatable bonds is 16. The zero-order chi connectivity index (χ0) is 31.2. The Kier molecular flexibility index (Phi) is 15.7. The molecule has 0 amide bonds. The number of methoxy groups -OCH3 is 6. The van der Waals surface area contributed by atoms with Crippen LogP contribution in [0.1, 0.15) is 40.0 Å². The van der Waals surface area contributed by atoms with Crippen LogP contribution in [0.15, 0.2) is 24.3 Å². The lowest BCUT2D eigenvalue weighted by atomic mass is 10.2. The summed E-state index contributed by atoms with van der Waals surface area (Å²) in [6, 6.07) is 6.34. The first-order valence-electron chi connectivity index (χ1n) is 14.3. The summed E-state index contributed by atoms with van der Waals surface area (Å²) in [4.78, 5) is 30.0. The molecule has 2 aromatic rings. The standard InChI is InChI=1S/C31H44N2O10.ClH/c1-36-24-18-22(19-25(37-2)28(24)40-5)30(34)42-16-8-12-32-10-7-11-33(15-14-32)13-9-17-43-31(35)23-20-26(38-3)29(41-6)27(21-23)39-4;/h18-21H,7-17H2,1-6H3;1H/p-1. The van der Waals surface area contributed by atoms with Crippen molar-refractivity contribution >= 4 is 11.9 Å². The molecular formula is C31H44ClN2O10-. The van der Waals surface area contributed by atoms with Crippen LogP contribution in [0.3, 0.4) is 0 Å². The molecule has 2 aromatic carbocycles. The molecule has 0 aromatic heterocycles. The van der Waals surface area contributed by atoms with E-state index < -0.39 is 11.9 Å². The lowest BCUT2D eigenvalue weighted by Crippen LogP contribution is -3.00. The van der Waals surface area contributed by atoms with E-state index in [0.29, 0.717) is 58.8 Å². The smallest absolute Gasteiger partial charge is 0.338 e. The Hall–Kier alpha value is -3.61. The second kappa shape index (κ2) is 18.9. The minimum atomic E-state index is -0.438. The minimum Gasteiger partial charge on any atom is -1.00 e. The van der Waals surface area contributed by atoms with Gasteiger partial charge < -0.3 is 60.1 Å². The van der Waals surface area contributed by atoms with Gasteiger partial charge >= 0.3 is 11.9 Å². The third-order valence-electron chi connectivity index (χ3n) is 7.19. The van der Waals surface area contributed by atoms with Gasteiger partial charge in [-0.05, 0) is 56.6 Å². The Morgan fingerprint density at radius 3 is 1.20 bits per heavy atom. The topological polar surface area (TPSA) is 114 Å². The maximum absolute atomic E-state index is 12.6. The van der Waals surface area contributed by atoms with E-state index in [4.69, 9.17) is 37.9 Å². The van der Waals surface area contributed by atoms with E-state index in [2.05, 4.69) is 9.80 Å². The number of hydrogen-bond donors (Lipinski definition) is 0. The van der Waals surface area contributed by atoms with Gasteiger partial charge in [0.25, 0.3) is 0 Å². The molecule has 0 N–H and O–H groups in total. The first-order chi connectivity index (χ1) is 20.9. The molecule has 0 unspecified atom stereocenters. The van der Waals surface area contributed by atoms with Gasteiger partial charge in [0.2, 0.25) is 11.5 Å². The molecule has 12 nitrogen and oxygen atoms in total. The highest BCUT2D eigenvalue weighted by Gasteiger charge is 2.20. The first kappa shape index (κ1) is 36.6. The van der Waals surface area contributed by atoms with E-state index in [0.717, 1.165) is 58.5 Å². The maximum Gasteiger partial charge on any atom is 0.338 e. The van der Waals surface area contributed by atoms with E-state index in [1.807, 2.05) is 0 Å². The number of ether oxygens (including phenoxy) is 8. The molecule has 246 valence electrons. The third-order valence-corrected chi connectivity index (χ3v) is 7.19. The van der Waals surface area contributed by atoms with Gasteiger partial charge in [-0.2, -0.15) is 0 Å². The van der Waals surface area contributed by atoms with Crippen molar-refractivity contribution in [3.8, 4) is 34.5 Å². The molecule has 0 atom stereocenters. The predicted molar refractivity (Wildman–Crippen MR) is 159 cm³/mol. The van der Waals surface area contributed by atoms with Crippen molar-refractivity contribution in [1.82, 2.24) is 9.80 Å². The highest BCUT2D eigenvalue weighted by Crippen LogP contribution is 2.39. The third kappa shape index (κ3) is 9.96. The fraction of sp³-hybridized carbons (Fsp3) is 0.548. The fourth-order valence-electron chi connectivity index (χ4n) is 4.94. The van der Waals surface area contributed by atoms with Gasteiger partial charge in [-0.1, -0.05) is 0 Å². The van der Waals surface area contributed by atoms with Crippen molar-refractivity contribution in [3.05, 3.63) is 35.4 Å². The number of halogens is 1. The Morgan fingerprint density at radius 2 is 0.909 bits per heavy atom. The van der Waals surface area contributed by atoms with Gasteiger partial charge in [0.1, 0.15) is 0 Å².